The third-order valence-corrected chi connectivity index (χ3v) is 1.35. The van der Waals surface area contributed by atoms with Crippen molar-refractivity contribution in [3.63, 3.8) is 0 Å². The van der Waals surface area contributed by atoms with Gasteiger partial charge in [0, 0.05) is 0 Å². The van der Waals surface area contributed by atoms with E-state index >= 15 is 0 Å². The van der Waals surface area contributed by atoms with Crippen LogP contribution in [0.4, 0.5) is 0 Å². The maximum atomic E-state index is 10.4. The summed E-state index contributed by atoms with van der Waals surface area (Å²) in [5.74, 6) is -2.53. The fraction of sp³-hybridized carbons (Fsp3) is 0. The van der Waals surface area contributed by atoms with Gasteiger partial charge in [-0.05, 0) is 17.7 Å². The molecule has 0 saturated heterocycles. The molecule has 1 aromatic carbocycles. The number of aromatic carboxylic acids is 2. The summed E-state index contributed by atoms with van der Waals surface area (Å²) in [6.07, 6.45) is 0. The summed E-state index contributed by atoms with van der Waals surface area (Å²) in [6, 6.07) is 5.00. The van der Waals surface area contributed by atoms with Crippen LogP contribution < -0.4 is 5.11 Å². The van der Waals surface area contributed by atoms with Crippen LogP contribution >= 0.6 is 0 Å². The second kappa shape index (κ2) is 6.36. The summed E-state index contributed by atoms with van der Waals surface area (Å²) < 4.78 is 0. The van der Waals surface area contributed by atoms with E-state index in [0.29, 0.717) is 0 Å². The van der Waals surface area contributed by atoms with Gasteiger partial charge in [0.15, 0.2) is 0 Å². The topological polar surface area (TPSA) is 107 Å². The van der Waals surface area contributed by atoms with Gasteiger partial charge in [0.25, 0.3) is 0 Å². The van der Waals surface area contributed by atoms with E-state index in [1.54, 1.807) is 0 Å². The number of carboxylic acids is 2. The Morgan fingerprint density at radius 3 is 2.14 bits per heavy atom. The summed E-state index contributed by atoms with van der Waals surface area (Å²) in [5.41, 5.74) is -0.188. The molecule has 0 fully saturated rings. The molecule has 1 rings (SSSR count). The molecule has 14 heavy (non-hydrogen) atoms. The van der Waals surface area contributed by atoms with E-state index in [9.17, 15) is 14.7 Å². The average molecular weight is 206 g/mol. The molecule has 0 aliphatic carbocycles. The van der Waals surface area contributed by atoms with Crippen LogP contribution in [-0.2, 0) is 0 Å². The van der Waals surface area contributed by atoms with Crippen molar-refractivity contribution in [2.75, 3.05) is 0 Å². The first-order valence-electron chi connectivity index (χ1n) is 3.16. The van der Waals surface area contributed by atoms with Crippen molar-refractivity contribution in [3.8, 4) is 0 Å². The predicted molar refractivity (Wildman–Crippen MR) is 45.4 cm³/mol. The number of hydrogen-bond donors (Lipinski definition) is 1. The van der Waals surface area contributed by atoms with Crippen LogP contribution in [0.2, 0.25) is 0 Å². The van der Waals surface area contributed by atoms with Gasteiger partial charge in [0.05, 0.1) is 11.5 Å². The molecule has 0 radical (unpaired) electrons. The van der Waals surface area contributed by atoms with E-state index in [1.165, 1.54) is 18.2 Å². The zero-order chi connectivity index (χ0) is 9.14. The monoisotopic (exact) mass is 206 g/mol. The van der Waals surface area contributed by atoms with Gasteiger partial charge < -0.3 is 20.5 Å². The van der Waals surface area contributed by atoms with Crippen LogP contribution in [0.5, 0.6) is 0 Å². The third-order valence-electron chi connectivity index (χ3n) is 1.35. The number of benzene rings is 1. The maximum Gasteiger partial charge on any atom is 2.00 e. The van der Waals surface area contributed by atoms with Crippen molar-refractivity contribution < 1.29 is 25.3 Å². The predicted octanol–water partition coefficient (Wildman–Crippen LogP) is -0.809. The summed E-state index contributed by atoms with van der Waals surface area (Å²) in [5, 5.41) is 18.7. The molecule has 0 spiro atoms. The molecule has 0 saturated carbocycles. The molecule has 0 heterocycles. The number of carboxylic acid groups (broad SMARTS) is 2. The van der Waals surface area contributed by atoms with Crippen molar-refractivity contribution in [1.29, 1.82) is 0 Å². The fourth-order valence-corrected chi connectivity index (χ4v) is 0.779. The molecule has 6 heteroatoms. The Morgan fingerprint density at radius 1 is 1.21 bits per heavy atom. The molecule has 0 aromatic heterocycles. The Morgan fingerprint density at radius 2 is 1.71 bits per heavy atom. The van der Waals surface area contributed by atoms with Gasteiger partial charge in [0.2, 0.25) is 0 Å². The Bertz CT molecular complexity index is 307. The Labute approximate surface area is 95.8 Å². The molecule has 0 amide bonds. The molecule has 2 N–H and O–H groups in total. The number of rotatable bonds is 2. The van der Waals surface area contributed by atoms with Gasteiger partial charge in [0.1, 0.15) is 0 Å². The van der Waals surface area contributed by atoms with Crippen molar-refractivity contribution >= 4 is 35.0 Å². The minimum absolute atomic E-state index is 0. The largest absolute Gasteiger partial charge is 2.00 e. The van der Waals surface area contributed by atoms with Gasteiger partial charge >= 0.3 is 29.0 Å². The van der Waals surface area contributed by atoms with Gasteiger partial charge in [-0.3, -0.25) is 0 Å². The molecule has 5 nitrogen and oxygen atoms in total. The van der Waals surface area contributed by atoms with Crippen molar-refractivity contribution in [1.82, 2.24) is 0 Å². The molecular formula is C8H6MgO5. The number of carbonyl (C=O) groups is 2. The van der Waals surface area contributed by atoms with Gasteiger partial charge in [-0.2, -0.15) is 0 Å². The quantitative estimate of drug-likeness (QED) is 0.637. The summed E-state index contributed by atoms with van der Waals surface area (Å²) in [6.45, 7) is 0. The zero-order valence-electron chi connectivity index (χ0n) is 7.14. The standard InChI is InChI=1S/C8H6O4.Mg.H2O/c9-7(10)5-2-1-3-6(4-5)8(11)12;;/h1-4H,(H,9,10)(H,11,12);;1H2/q;+2;/p-2. The molecular weight excluding hydrogens is 200 g/mol. The van der Waals surface area contributed by atoms with E-state index in [-0.39, 0.29) is 39.7 Å². The molecule has 0 aliphatic heterocycles. The third kappa shape index (κ3) is 3.73. The van der Waals surface area contributed by atoms with E-state index in [0.717, 1.165) is 6.07 Å². The van der Waals surface area contributed by atoms with Gasteiger partial charge in [-0.15, -0.1) is 0 Å². The number of carbonyl (C=O) groups excluding carboxylic acids is 1. The molecule has 0 atom stereocenters. The van der Waals surface area contributed by atoms with Crippen LogP contribution in [0.1, 0.15) is 20.7 Å². The Balaban J connectivity index is 0. The first-order chi connectivity index (χ1) is 5.61. The van der Waals surface area contributed by atoms with Crippen molar-refractivity contribution in [2.45, 2.75) is 0 Å². The van der Waals surface area contributed by atoms with Crippen LogP contribution in [0.15, 0.2) is 24.3 Å². The van der Waals surface area contributed by atoms with Crippen LogP contribution in [0, 0.1) is 0 Å². The van der Waals surface area contributed by atoms with Crippen LogP contribution in [0.3, 0.4) is 0 Å². The van der Waals surface area contributed by atoms with Crippen LogP contribution in [0.25, 0.3) is 0 Å². The smallest absolute Gasteiger partial charge is 0.870 e. The van der Waals surface area contributed by atoms with Crippen LogP contribution in [-0.4, -0.2) is 45.6 Å². The molecule has 0 aliphatic rings. The summed E-state index contributed by atoms with van der Waals surface area (Å²) in [7, 11) is 0. The van der Waals surface area contributed by atoms with Crippen molar-refractivity contribution in [2.24, 2.45) is 0 Å². The fourth-order valence-electron chi connectivity index (χ4n) is 0.779. The second-order valence-corrected chi connectivity index (χ2v) is 2.17. The normalized spacial score (nSPS) is 8.00. The minimum Gasteiger partial charge on any atom is -0.870 e. The first-order valence-corrected chi connectivity index (χ1v) is 3.16. The van der Waals surface area contributed by atoms with Gasteiger partial charge in [-0.25, -0.2) is 4.79 Å². The van der Waals surface area contributed by atoms with E-state index < -0.39 is 11.9 Å². The molecule has 70 valence electrons. The van der Waals surface area contributed by atoms with E-state index in [4.69, 9.17) is 5.11 Å². The molecule has 1 aromatic rings. The average Bonchev–Trinajstić information content (AvgIpc) is 2.04. The summed E-state index contributed by atoms with van der Waals surface area (Å²) in [4.78, 5) is 20.6. The molecule has 0 unspecified atom stereocenters. The number of hydrogen-bond acceptors (Lipinski definition) is 4. The SMILES string of the molecule is O=C([O-])c1cccc(C(=O)O)c1.[Mg+2].[OH-]. The minimum atomic E-state index is -1.38. The maximum absolute atomic E-state index is 10.4. The summed E-state index contributed by atoms with van der Waals surface area (Å²) >= 11 is 0. The van der Waals surface area contributed by atoms with Gasteiger partial charge in [-0.1, -0.05) is 12.1 Å². The van der Waals surface area contributed by atoms with E-state index in [1.807, 2.05) is 0 Å². The Kier molecular flexibility index (Phi) is 6.98. The first kappa shape index (κ1) is 15.4. The second-order valence-electron chi connectivity index (χ2n) is 2.17. The zero-order valence-corrected chi connectivity index (χ0v) is 8.55. The Hall–Kier alpha value is -1.11. The molecule has 0 bridgehead atoms. The van der Waals surface area contributed by atoms with Crippen molar-refractivity contribution in [3.05, 3.63) is 35.4 Å². The van der Waals surface area contributed by atoms with E-state index in [2.05, 4.69) is 0 Å².